The molecule has 0 amide bonds. The highest BCUT2D eigenvalue weighted by Gasteiger charge is 2.23. The third-order valence-corrected chi connectivity index (χ3v) is 5.00. The van der Waals surface area contributed by atoms with Crippen LogP contribution in [0.25, 0.3) is 16.4 Å². The molecule has 1 aliphatic heterocycles. The fourth-order valence-corrected chi connectivity index (χ4v) is 3.72. The van der Waals surface area contributed by atoms with Gasteiger partial charge in [-0.3, -0.25) is 0 Å². The highest BCUT2D eigenvalue weighted by molar-refractivity contribution is 7.12. The molecule has 0 atom stereocenters. The van der Waals surface area contributed by atoms with E-state index in [-0.39, 0.29) is 0 Å². The molecule has 0 aliphatic carbocycles. The lowest BCUT2D eigenvalue weighted by molar-refractivity contribution is 0.415. The van der Waals surface area contributed by atoms with Gasteiger partial charge in [-0.25, -0.2) is 9.67 Å². The van der Waals surface area contributed by atoms with Crippen molar-refractivity contribution in [1.82, 2.24) is 20.1 Å². The van der Waals surface area contributed by atoms with Gasteiger partial charge in [-0.2, -0.15) is 5.10 Å². The molecule has 118 valence electrons. The summed E-state index contributed by atoms with van der Waals surface area (Å²) in [5.41, 5.74) is 5.65. The van der Waals surface area contributed by atoms with Crippen LogP contribution in [0.2, 0.25) is 0 Å². The number of aromatic nitrogens is 3. The second-order valence-corrected chi connectivity index (χ2v) is 6.45. The molecule has 0 radical (unpaired) electrons. The Bertz CT molecular complexity index is 852. The molecule has 1 aliphatic rings. The Kier molecular flexibility index (Phi) is 3.63. The van der Waals surface area contributed by atoms with Gasteiger partial charge in [0.25, 0.3) is 0 Å². The molecule has 3 aromatic rings. The fourth-order valence-electron chi connectivity index (χ4n) is 2.95. The van der Waals surface area contributed by atoms with E-state index in [1.54, 1.807) is 18.4 Å². The van der Waals surface area contributed by atoms with E-state index in [4.69, 9.17) is 9.84 Å². The number of ether oxygens (including phenoxy) is 1. The van der Waals surface area contributed by atoms with Crippen molar-refractivity contribution in [2.45, 2.75) is 19.9 Å². The summed E-state index contributed by atoms with van der Waals surface area (Å²) < 4.78 is 7.37. The molecule has 6 heteroatoms. The number of fused-ring (bicyclic) bond motifs is 1. The van der Waals surface area contributed by atoms with Gasteiger partial charge in [0, 0.05) is 36.0 Å². The van der Waals surface area contributed by atoms with Crippen molar-refractivity contribution < 1.29 is 4.74 Å². The topological polar surface area (TPSA) is 52.0 Å². The summed E-state index contributed by atoms with van der Waals surface area (Å²) in [5, 5.41) is 11.3. The van der Waals surface area contributed by atoms with Crippen LogP contribution in [0, 0.1) is 6.92 Å². The lowest BCUT2D eigenvalue weighted by Crippen LogP contribution is -2.24. The zero-order valence-electron chi connectivity index (χ0n) is 13.2. The quantitative estimate of drug-likeness (QED) is 0.804. The van der Waals surface area contributed by atoms with Crippen LogP contribution < -0.4 is 10.1 Å². The Morgan fingerprint density at radius 3 is 3.04 bits per heavy atom. The minimum atomic E-state index is 0.840. The predicted octanol–water partition coefficient (Wildman–Crippen LogP) is 2.96. The molecule has 1 N–H and O–H groups in total. The van der Waals surface area contributed by atoms with E-state index < -0.39 is 0 Å². The Balaban J connectivity index is 1.88. The molecule has 2 aromatic heterocycles. The van der Waals surface area contributed by atoms with Crippen molar-refractivity contribution in [3.63, 3.8) is 0 Å². The molecular formula is C17H18N4OS. The molecule has 5 nitrogen and oxygen atoms in total. The van der Waals surface area contributed by atoms with Crippen LogP contribution in [0.4, 0.5) is 0 Å². The molecule has 0 bridgehead atoms. The van der Waals surface area contributed by atoms with Crippen LogP contribution in [-0.2, 0) is 13.0 Å². The number of hydrogen-bond donors (Lipinski definition) is 1. The smallest absolute Gasteiger partial charge is 0.210 e. The van der Waals surface area contributed by atoms with E-state index >= 15 is 0 Å². The van der Waals surface area contributed by atoms with Crippen LogP contribution in [0.5, 0.6) is 5.75 Å². The minimum absolute atomic E-state index is 0.840. The highest BCUT2D eigenvalue weighted by Crippen LogP contribution is 2.31. The van der Waals surface area contributed by atoms with E-state index in [1.807, 2.05) is 29.8 Å². The summed E-state index contributed by atoms with van der Waals surface area (Å²) in [5.74, 6) is 0.847. The second-order valence-electron chi connectivity index (χ2n) is 5.62. The first-order chi connectivity index (χ1) is 11.3. The van der Waals surface area contributed by atoms with Gasteiger partial charge in [0.05, 0.1) is 24.2 Å². The van der Waals surface area contributed by atoms with E-state index in [2.05, 4.69) is 21.7 Å². The Labute approximate surface area is 138 Å². The summed E-state index contributed by atoms with van der Waals surface area (Å²) in [6.07, 6.45) is 0.963. The van der Waals surface area contributed by atoms with Gasteiger partial charge in [-0.1, -0.05) is 12.1 Å². The second kappa shape index (κ2) is 5.79. The van der Waals surface area contributed by atoms with Gasteiger partial charge in [-0.05, 0) is 19.1 Å². The molecule has 0 unspecified atom stereocenters. The number of nitrogens with one attached hydrogen (secondary N) is 1. The minimum Gasteiger partial charge on any atom is -0.497 e. The average molecular weight is 326 g/mol. The standard InChI is InChI=1S/C17H18N4OS/c1-11-10-23-17(19-11)21-15-6-7-18-9-14(15)16(20-21)12-4-3-5-13(8-12)22-2/h3-5,8,10,18H,6-7,9H2,1-2H3. The van der Waals surface area contributed by atoms with E-state index in [0.29, 0.717) is 0 Å². The maximum absolute atomic E-state index is 5.35. The molecule has 0 fully saturated rings. The molecule has 0 spiro atoms. The third-order valence-electron chi connectivity index (χ3n) is 4.06. The summed E-state index contributed by atoms with van der Waals surface area (Å²) in [6.45, 7) is 3.83. The van der Waals surface area contributed by atoms with Gasteiger partial charge >= 0.3 is 0 Å². The van der Waals surface area contributed by atoms with Gasteiger partial charge < -0.3 is 10.1 Å². The molecule has 0 saturated heterocycles. The van der Waals surface area contributed by atoms with Crippen LogP contribution >= 0.6 is 11.3 Å². The molecule has 3 heterocycles. The van der Waals surface area contributed by atoms with E-state index in [9.17, 15) is 0 Å². The Hall–Kier alpha value is -2.18. The number of aryl methyl sites for hydroxylation is 1. The first-order valence-corrected chi connectivity index (χ1v) is 8.52. The van der Waals surface area contributed by atoms with Crippen LogP contribution in [0.3, 0.4) is 0 Å². The van der Waals surface area contributed by atoms with Crippen LogP contribution in [0.1, 0.15) is 17.0 Å². The summed E-state index contributed by atoms with van der Waals surface area (Å²) >= 11 is 1.64. The highest BCUT2D eigenvalue weighted by atomic mass is 32.1. The van der Waals surface area contributed by atoms with Crippen molar-refractivity contribution in [3.05, 3.63) is 46.6 Å². The van der Waals surface area contributed by atoms with Gasteiger partial charge in [0.2, 0.25) is 5.13 Å². The van der Waals surface area contributed by atoms with Crippen molar-refractivity contribution in [1.29, 1.82) is 0 Å². The Morgan fingerprint density at radius 1 is 1.35 bits per heavy atom. The SMILES string of the molecule is COc1cccc(-c2nn(-c3nc(C)cs3)c3c2CNCC3)c1. The first-order valence-electron chi connectivity index (χ1n) is 7.64. The number of hydrogen-bond acceptors (Lipinski definition) is 5. The van der Waals surface area contributed by atoms with Gasteiger partial charge in [0.1, 0.15) is 5.75 Å². The molecule has 23 heavy (non-hydrogen) atoms. The molecule has 1 aromatic carbocycles. The summed E-state index contributed by atoms with van der Waals surface area (Å²) in [6, 6.07) is 8.07. The predicted molar refractivity (Wildman–Crippen MR) is 91.4 cm³/mol. The first kappa shape index (κ1) is 14.4. The van der Waals surface area contributed by atoms with Gasteiger partial charge in [-0.15, -0.1) is 11.3 Å². The number of rotatable bonds is 3. The Morgan fingerprint density at radius 2 is 2.26 bits per heavy atom. The maximum Gasteiger partial charge on any atom is 0.210 e. The molecule has 0 saturated carbocycles. The fraction of sp³-hybridized carbons (Fsp3) is 0.294. The monoisotopic (exact) mass is 326 g/mol. The number of nitrogens with zero attached hydrogens (tertiary/aromatic N) is 3. The summed E-state index contributed by atoms with van der Waals surface area (Å²) in [4.78, 5) is 4.60. The van der Waals surface area contributed by atoms with E-state index in [0.717, 1.165) is 47.3 Å². The van der Waals surface area contributed by atoms with Crippen molar-refractivity contribution in [3.8, 4) is 22.1 Å². The molecule has 4 rings (SSSR count). The lowest BCUT2D eigenvalue weighted by Gasteiger charge is -2.14. The summed E-state index contributed by atoms with van der Waals surface area (Å²) in [7, 11) is 1.69. The maximum atomic E-state index is 5.35. The van der Waals surface area contributed by atoms with Crippen LogP contribution in [-0.4, -0.2) is 28.4 Å². The van der Waals surface area contributed by atoms with Gasteiger partial charge in [0.15, 0.2) is 0 Å². The third kappa shape index (κ3) is 2.54. The van der Waals surface area contributed by atoms with E-state index in [1.165, 1.54) is 11.3 Å². The number of methoxy groups -OCH3 is 1. The number of thiazole rings is 1. The largest absolute Gasteiger partial charge is 0.497 e. The molecular weight excluding hydrogens is 308 g/mol. The van der Waals surface area contributed by atoms with Crippen molar-refractivity contribution in [2.24, 2.45) is 0 Å². The van der Waals surface area contributed by atoms with Crippen LogP contribution in [0.15, 0.2) is 29.6 Å². The average Bonchev–Trinajstić information content (AvgIpc) is 3.18. The normalized spacial score (nSPS) is 13.8. The van der Waals surface area contributed by atoms with Crippen molar-refractivity contribution >= 4 is 11.3 Å². The zero-order valence-corrected chi connectivity index (χ0v) is 14.0. The zero-order chi connectivity index (χ0) is 15.8. The number of benzene rings is 1. The lowest BCUT2D eigenvalue weighted by atomic mass is 10.0. The van der Waals surface area contributed by atoms with Crippen molar-refractivity contribution in [2.75, 3.05) is 13.7 Å².